The zero-order valence-electron chi connectivity index (χ0n) is 10.3. The summed E-state index contributed by atoms with van der Waals surface area (Å²) >= 11 is 0. The quantitative estimate of drug-likeness (QED) is 0.800. The van der Waals surface area contributed by atoms with Crippen LogP contribution in [0.5, 0.6) is 0 Å². The summed E-state index contributed by atoms with van der Waals surface area (Å²) in [5.41, 5.74) is 3.66. The minimum absolute atomic E-state index is 0.275. The van der Waals surface area contributed by atoms with Gasteiger partial charge in [0.15, 0.2) is 5.76 Å². The molecule has 1 amide bonds. The first-order chi connectivity index (χ1) is 8.16. The van der Waals surface area contributed by atoms with E-state index in [0.717, 1.165) is 24.3 Å². The average molecular weight is 234 g/mol. The SMILES string of the molecule is Cc1ccc(C(=O)N/N=C2\CCCCC2C)o1. The van der Waals surface area contributed by atoms with Crippen LogP contribution in [0.1, 0.15) is 48.9 Å². The number of rotatable bonds is 2. The number of amides is 1. The molecule has 1 aromatic heterocycles. The molecule has 4 nitrogen and oxygen atoms in total. The van der Waals surface area contributed by atoms with Gasteiger partial charge in [0.05, 0.1) is 0 Å². The maximum atomic E-state index is 11.7. The second kappa shape index (κ2) is 5.17. The Morgan fingerprint density at radius 1 is 1.47 bits per heavy atom. The molecule has 1 aromatic rings. The first-order valence-corrected chi connectivity index (χ1v) is 6.10. The highest BCUT2D eigenvalue weighted by Crippen LogP contribution is 2.20. The summed E-state index contributed by atoms with van der Waals surface area (Å²) in [7, 11) is 0. The summed E-state index contributed by atoms with van der Waals surface area (Å²) in [4.78, 5) is 11.7. The van der Waals surface area contributed by atoms with Gasteiger partial charge in [-0.1, -0.05) is 13.3 Å². The molecule has 1 atom stereocenters. The Hall–Kier alpha value is -1.58. The van der Waals surface area contributed by atoms with E-state index in [1.807, 2.05) is 6.92 Å². The molecule has 0 aliphatic heterocycles. The fourth-order valence-corrected chi connectivity index (χ4v) is 2.07. The molecule has 1 N–H and O–H groups in total. The van der Waals surface area contributed by atoms with E-state index in [2.05, 4.69) is 17.5 Å². The number of nitrogens with zero attached hydrogens (tertiary/aromatic N) is 1. The molecular formula is C13H18N2O2. The van der Waals surface area contributed by atoms with Crippen molar-refractivity contribution in [2.45, 2.75) is 39.5 Å². The van der Waals surface area contributed by atoms with Crippen molar-refractivity contribution in [2.75, 3.05) is 0 Å². The number of aryl methyl sites for hydroxylation is 1. The monoisotopic (exact) mass is 234 g/mol. The molecule has 1 fully saturated rings. The maximum Gasteiger partial charge on any atom is 0.307 e. The van der Waals surface area contributed by atoms with E-state index in [-0.39, 0.29) is 5.91 Å². The lowest BCUT2D eigenvalue weighted by atomic mass is 9.89. The van der Waals surface area contributed by atoms with Crippen LogP contribution in [0.4, 0.5) is 0 Å². The minimum atomic E-state index is -0.275. The van der Waals surface area contributed by atoms with E-state index in [4.69, 9.17) is 4.42 Å². The van der Waals surface area contributed by atoms with Gasteiger partial charge in [-0.3, -0.25) is 4.79 Å². The van der Waals surface area contributed by atoms with Crippen LogP contribution in [-0.4, -0.2) is 11.6 Å². The van der Waals surface area contributed by atoms with E-state index >= 15 is 0 Å². The average Bonchev–Trinajstić information content (AvgIpc) is 2.74. The Labute approximate surface area is 101 Å². The molecule has 0 spiro atoms. The molecule has 0 aromatic carbocycles. The second-order valence-electron chi connectivity index (χ2n) is 4.60. The largest absolute Gasteiger partial charge is 0.456 e. The van der Waals surface area contributed by atoms with Gasteiger partial charge < -0.3 is 4.42 Å². The van der Waals surface area contributed by atoms with Crippen LogP contribution in [0.25, 0.3) is 0 Å². The van der Waals surface area contributed by atoms with Crippen LogP contribution < -0.4 is 5.43 Å². The topological polar surface area (TPSA) is 54.6 Å². The lowest BCUT2D eigenvalue weighted by Crippen LogP contribution is -2.24. The van der Waals surface area contributed by atoms with E-state index in [9.17, 15) is 4.79 Å². The van der Waals surface area contributed by atoms with Gasteiger partial charge in [0.1, 0.15) is 5.76 Å². The molecule has 0 radical (unpaired) electrons. The molecule has 1 aliphatic carbocycles. The molecule has 0 saturated heterocycles. The van der Waals surface area contributed by atoms with E-state index < -0.39 is 0 Å². The number of furan rings is 1. The van der Waals surface area contributed by atoms with Crippen molar-refractivity contribution >= 4 is 11.6 Å². The fourth-order valence-electron chi connectivity index (χ4n) is 2.07. The van der Waals surface area contributed by atoms with Gasteiger partial charge in [0.2, 0.25) is 0 Å². The highest BCUT2D eigenvalue weighted by atomic mass is 16.3. The zero-order chi connectivity index (χ0) is 12.3. The van der Waals surface area contributed by atoms with Crippen LogP contribution >= 0.6 is 0 Å². The van der Waals surface area contributed by atoms with Gasteiger partial charge in [-0.05, 0) is 44.2 Å². The molecule has 2 rings (SSSR count). The summed E-state index contributed by atoms with van der Waals surface area (Å²) in [6.45, 7) is 3.97. The summed E-state index contributed by atoms with van der Waals surface area (Å²) in [6.07, 6.45) is 4.57. The molecule has 92 valence electrons. The second-order valence-corrected chi connectivity index (χ2v) is 4.60. The van der Waals surface area contributed by atoms with E-state index in [1.165, 1.54) is 12.8 Å². The van der Waals surface area contributed by atoms with Crippen LogP contribution in [0.15, 0.2) is 21.7 Å². The molecule has 0 bridgehead atoms. The molecule has 1 saturated carbocycles. The Bertz CT molecular complexity index is 434. The normalized spacial score (nSPS) is 22.7. The van der Waals surface area contributed by atoms with Crippen molar-refractivity contribution in [3.63, 3.8) is 0 Å². The zero-order valence-corrected chi connectivity index (χ0v) is 10.3. The highest BCUT2D eigenvalue weighted by molar-refractivity contribution is 5.93. The van der Waals surface area contributed by atoms with Crippen LogP contribution in [-0.2, 0) is 0 Å². The van der Waals surface area contributed by atoms with E-state index in [1.54, 1.807) is 12.1 Å². The van der Waals surface area contributed by atoms with Gasteiger partial charge in [-0.25, -0.2) is 5.43 Å². The van der Waals surface area contributed by atoms with E-state index in [0.29, 0.717) is 11.7 Å². The number of carbonyl (C=O) groups excluding carboxylic acids is 1. The molecule has 4 heteroatoms. The van der Waals surface area contributed by atoms with Crippen molar-refractivity contribution in [2.24, 2.45) is 11.0 Å². The van der Waals surface area contributed by atoms with Crippen LogP contribution in [0, 0.1) is 12.8 Å². The standard InChI is InChI=1S/C13H18N2O2/c1-9-5-3-4-6-11(9)14-15-13(16)12-8-7-10(2)17-12/h7-9H,3-6H2,1-2H3,(H,15,16)/b14-11+. The van der Waals surface area contributed by atoms with Gasteiger partial charge >= 0.3 is 5.91 Å². The molecular weight excluding hydrogens is 216 g/mol. The van der Waals surface area contributed by atoms with Crippen molar-refractivity contribution in [3.8, 4) is 0 Å². The van der Waals surface area contributed by atoms with Gasteiger partial charge in [-0.2, -0.15) is 5.10 Å². The van der Waals surface area contributed by atoms with Gasteiger partial charge in [-0.15, -0.1) is 0 Å². The smallest absolute Gasteiger partial charge is 0.307 e. The predicted molar refractivity (Wildman–Crippen MR) is 66.0 cm³/mol. The Morgan fingerprint density at radius 3 is 2.94 bits per heavy atom. The van der Waals surface area contributed by atoms with Crippen molar-refractivity contribution in [1.82, 2.24) is 5.43 Å². The number of nitrogens with one attached hydrogen (secondary N) is 1. The first-order valence-electron chi connectivity index (χ1n) is 6.10. The molecule has 1 heterocycles. The van der Waals surface area contributed by atoms with Crippen LogP contribution in [0.3, 0.4) is 0 Å². The third-order valence-electron chi connectivity index (χ3n) is 3.15. The summed E-state index contributed by atoms with van der Waals surface area (Å²) in [5, 5.41) is 4.21. The molecule has 1 unspecified atom stereocenters. The number of hydrazone groups is 1. The Kier molecular flexibility index (Phi) is 3.61. The molecule has 1 aliphatic rings. The lowest BCUT2D eigenvalue weighted by Gasteiger charge is -2.19. The van der Waals surface area contributed by atoms with Gasteiger partial charge in [0, 0.05) is 5.71 Å². The Morgan fingerprint density at radius 2 is 2.29 bits per heavy atom. The van der Waals surface area contributed by atoms with Gasteiger partial charge in [0.25, 0.3) is 0 Å². The fraction of sp³-hybridized carbons (Fsp3) is 0.538. The predicted octanol–water partition coefficient (Wildman–Crippen LogP) is 2.88. The lowest BCUT2D eigenvalue weighted by molar-refractivity contribution is 0.0925. The summed E-state index contributed by atoms with van der Waals surface area (Å²) in [5.74, 6) is 1.25. The number of carbonyl (C=O) groups is 1. The van der Waals surface area contributed by atoms with Crippen molar-refractivity contribution in [1.29, 1.82) is 0 Å². The maximum absolute atomic E-state index is 11.7. The van der Waals surface area contributed by atoms with Crippen LogP contribution in [0.2, 0.25) is 0 Å². The minimum Gasteiger partial charge on any atom is -0.456 e. The number of hydrogen-bond acceptors (Lipinski definition) is 3. The third-order valence-corrected chi connectivity index (χ3v) is 3.15. The summed E-state index contributed by atoms with van der Waals surface area (Å²) < 4.78 is 5.23. The van der Waals surface area contributed by atoms with Crippen molar-refractivity contribution in [3.05, 3.63) is 23.7 Å². The number of hydrogen-bond donors (Lipinski definition) is 1. The summed E-state index contributed by atoms with van der Waals surface area (Å²) in [6, 6.07) is 3.43. The molecule has 17 heavy (non-hydrogen) atoms. The van der Waals surface area contributed by atoms with Crippen molar-refractivity contribution < 1.29 is 9.21 Å². The highest BCUT2D eigenvalue weighted by Gasteiger charge is 2.16. The first kappa shape index (κ1) is 11.9. The Balaban J connectivity index is 1.97. The third kappa shape index (κ3) is 2.96.